The SMILES string of the molecule is CCC1CCC(C)(C(=O)O)C1. The Morgan fingerprint density at radius 1 is 1.73 bits per heavy atom. The summed E-state index contributed by atoms with van der Waals surface area (Å²) in [5, 5.41) is 8.89. The molecule has 2 nitrogen and oxygen atoms in total. The summed E-state index contributed by atoms with van der Waals surface area (Å²) >= 11 is 0. The van der Waals surface area contributed by atoms with Gasteiger partial charge in [0, 0.05) is 0 Å². The van der Waals surface area contributed by atoms with Crippen LogP contribution in [0.3, 0.4) is 0 Å². The molecular formula is C9H16O2. The molecule has 64 valence electrons. The van der Waals surface area contributed by atoms with Crippen molar-refractivity contribution < 1.29 is 9.90 Å². The molecule has 0 heterocycles. The van der Waals surface area contributed by atoms with Gasteiger partial charge in [-0.15, -0.1) is 0 Å². The van der Waals surface area contributed by atoms with E-state index in [9.17, 15) is 4.79 Å². The van der Waals surface area contributed by atoms with Crippen LogP contribution in [-0.2, 0) is 4.79 Å². The molecule has 0 spiro atoms. The minimum atomic E-state index is -0.617. The summed E-state index contributed by atoms with van der Waals surface area (Å²) in [6.07, 6.45) is 3.96. The molecule has 2 atom stereocenters. The monoisotopic (exact) mass is 156 g/mol. The highest BCUT2D eigenvalue weighted by Crippen LogP contribution is 2.42. The number of carboxylic acid groups (broad SMARTS) is 1. The van der Waals surface area contributed by atoms with Crippen LogP contribution in [0.15, 0.2) is 0 Å². The van der Waals surface area contributed by atoms with Crippen LogP contribution >= 0.6 is 0 Å². The zero-order valence-corrected chi connectivity index (χ0v) is 7.26. The predicted octanol–water partition coefficient (Wildman–Crippen LogP) is 2.29. The first-order valence-corrected chi connectivity index (χ1v) is 4.32. The van der Waals surface area contributed by atoms with Crippen LogP contribution < -0.4 is 0 Å². The molecule has 11 heavy (non-hydrogen) atoms. The fourth-order valence-electron chi connectivity index (χ4n) is 1.91. The van der Waals surface area contributed by atoms with Gasteiger partial charge in [0.15, 0.2) is 0 Å². The van der Waals surface area contributed by atoms with E-state index in [1.807, 2.05) is 6.92 Å². The standard InChI is InChI=1S/C9H16O2/c1-3-7-4-5-9(2,6-7)8(10)11/h7H,3-6H2,1-2H3,(H,10,11). The normalized spacial score (nSPS) is 37.5. The topological polar surface area (TPSA) is 37.3 Å². The van der Waals surface area contributed by atoms with E-state index in [0.29, 0.717) is 5.92 Å². The third-order valence-corrected chi connectivity index (χ3v) is 2.94. The van der Waals surface area contributed by atoms with Crippen molar-refractivity contribution in [2.75, 3.05) is 0 Å². The molecule has 0 aliphatic heterocycles. The first kappa shape index (κ1) is 8.57. The maximum absolute atomic E-state index is 10.8. The van der Waals surface area contributed by atoms with Crippen LogP contribution in [0.2, 0.25) is 0 Å². The predicted molar refractivity (Wildman–Crippen MR) is 43.4 cm³/mol. The lowest BCUT2D eigenvalue weighted by Gasteiger charge is -2.17. The summed E-state index contributed by atoms with van der Waals surface area (Å²) in [5.41, 5.74) is -0.416. The van der Waals surface area contributed by atoms with Gasteiger partial charge in [-0.3, -0.25) is 4.79 Å². The van der Waals surface area contributed by atoms with Gasteiger partial charge in [0.1, 0.15) is 0 Å². The van der Waals surface area contributed by atoms with Crippen LogP contribution in [0, 0.1) is 11.3 Å². The number of rotatable bonds is 2. The molecule has 1 fully saturated rings. The molecule has 0 radical (unpaired) electrons. The maximum Gasteiger partial charge on any atom is 0.309 e. The Labute approximate surface area is 67.6 Å². The van der Waals surface area contributed by atoms with Crippen LogP contribution in [0.1, 0.15) is 39.5 Å². The lowest BCUT2D eigenvalue weighted by molar-refractivity contribution is -0.147. The second-order valence-corrected chi connectivity index (χ2v) is 3.88. The molecule has 0 bridgehead atoms. The molecule has 0 saturated heterocycles. The van der Waals surface area contributed by atoms with Gasteiger partial charge in [0.25, 0.3) is 0 Å². The molecule has 2 unspecified atom stereocenters. The van der Waals surface area contributed by atoms with Crippen molar-refractivity contribution in [1.29, 1.82) is 0 Å². The Kier molecular flexibility index (Phi) is 2.21. The molecule has 1 rings (SSSR count). The molecular weight excluding hydrogens is 140 g/mol. The molecule has 0 aromatic rings. The van der Waals surface area contributed by atoms with Crippen molar-refractivity contribution in [2.24, 2.45) is 11.3 Å². The Bertz CT molecular complexity index is 165. The molecule has 0 aromatic heterocycles. The largest absolute Gasteiger partial charge is 0.481 e. The quantitative estimate of drug-likeness (QED) is 0.666. The average molecular weight is 156 g/mol. The van der Waals surface area contributed by atoms with Crippen LogP contribution in [0.25, 0.3) is 0 Å². The van der Waals surface area contributed by atoms with Gasteiger partial charge in [0.2, 0.25) is 0 Å². The summed E-state index contributed by atoms with van der Waals surface area (Å²) < 4.78 is 0. The van der Waals surface area contributed by atoms with Gasteiger partial charge in [-0.2, -0.15) is 0 Å². The zero-order chi connectivity index (χ0) is 8.48. The van der Waals surface area contributed by atoms with E-state index in [2.05, 4.69) is 6.92 Å². The number of hydrogen-bond donors (Lipinski definition) is 1. The lowest BCUT2D eigenvalue weighted by atomic mass is 9.87. The van der Waals surface area contributed by atoms with Crippen molar-refractivity contribution in [3.8, 4) is 0 Å². The van der Waals surface area contributed by atoms with E-state index in [-0.39, 0.29) is 0 Å². The third kappa shape index (κ3) is 1.55. The summed E-state index contributed by atoms with van der Waals surface area (Å²) in [4.78, 5) is 10.8. The Morgan fingerprint density at radius 3 is 2.64 bits per heavy atom. The minimum absolute atomic E-state index is 0.416. The van der Waals surface area contributed by atoms with Crippen molar-refractivity contribution in [3.63, 3.8) is 0 Å². The first-order chi connectivity index (χ1) is 5.08. The van der Waals surface area contributed by atoms with Crippen molar-refractivity contribution in [3.05, 3.63) is 0 Å². The van der Waals surface area contributed by atoms with E-state index < -0.39 is 11.4 Å². The fraction of sp³-hybridized carbons (Fsp3) is 0.889. The summed E-state index contributed by atoms with van der Waals surface area (Å²) in [6, 6.07) is 0. The Balaban J connectivity index is 2.57. The molecule has 1 N–H and O–H groups in total. The van der Waals surface area contributed by atoms with Crippen LogP contribution in [0.4, 0.5) is 0 Å². The third-order valence-electron chi connectivity index (χ3n) is 2.94. The molecule has 1 aliphatic rings. The molecule has 0 aromatic carbocycles. The van der Waals surface area contributed by atoms with Crippen LogP contribution in [0.5, 0.6) is 0 Å². The van der Waals surface area contributed by atoms with Gasteiger partial charge in [-0.05, 0) is 32.1 Å². The van der Waals surface area contributed by atoms with Crippen molar-refractivity contribution >= 4 is 5.97 Å². The smallest absolute Gasteiger partial charge is 0.309 e. The highest BCUT2D eigenvalue weighted by molar-refractivity contribution is 5.74. The highest BCUT2D eigenvalue weighted by atomic mass is 16.4. The number of carbonyl (C=O) groups is 1. The maximum atomic E-state index is 10.8. The van der Waals surface area contributed by atoms with E-state index in [1.165, 1.54) is 0 Å². The van der Waals surface area contributed by atoms with Gasteiger partial charge in [-0.25, -0.2) is 0 Å². The van der Waals surface area contributed by atoms with E-state index in [1.54, 1.807) is 0 Å². The van der Waals surface area contributed by atoms with Crippen molar-refractivity contribution in [1.82, 2.24) is 0 Å². The van der Waals surface area contributed by atoms with Crippen LogP contribution in [-0.4, -0.2) is 11.1 Å². The summed E-state index contributed by atoms with van der Waals surface area (Å²) in [6.45, 7) is 4.00. The molecule has 1 saturated carbocycles. The van der Waals surface area contributed by atoms with Gasteiger partial charge >= 0.3 is 5.97 Å². The average Bonchev–Trinajstić information content (AvgIpc) is 2.33. The van der Waals surface area contributed by atoms with E-state index in [0.717, 1.165) is 25.7 Å². The molecule has 0 amide bonds. The van der Waals surface area contributed by atoms with Gasteiger partial charge in [0.05, 0.1) is 5.41 Å². The zero-order valence-electron chi connectivity index (χ0n) is 7.26. The van der Waals surface area contributed by atoms with E-state index in [4.69, 9.17) is 5.11 Å². The summed E-state index contributed by atoms with van der Waals surface area (Å²) in [5.74, 6) is 0.0320. The first-order valence-electron chi connectivity index (χ1n) is 4.32. The van der Waals surface area contributed by atoms with E-state index >= 15 is 0 Å². The van der Waals surface area contributed by atoms with Gasteiger partial charge in [-0.1, -0.05) is 13.3 Å². The minimum Gasteiger partial charge on any atom is -0.481 e. The van der Waals surface area contributed by atoms with Crippen molar-refractivity contribution in [2.45, 2.75) is 39.5 Å². The second-order valence-electron chi connectivity index (χ2n) is 3.88. The number of hydrogen-bond acceptors (Lipinski definition) is 1. The fourth-order valence-corrected chi connectivity index (χ4v) is 1.91. The lowest BCUT2D eigenvalue weighted by Crippen LogP contribution is -2.23. The second kappa shape index (κ2) is 2.84. The Morgan fingerprint density at radius 2 is 2.36 bits per heavy atom. The number of aliphatic carboxylic acids is 1. The Hall–Kier alpha value is -0.530. The highest BCUT2D eigenvalue weighted by Gasteiger charge is 2.40. The number of carboxylic acids is 1. The summed E-state index contributed by atoms with van der Waals surface area (Å²) in [7, 11) is 0. The molecule has 2 heteroatoms. The molecule has 1 aliphatic carbocycles. The van der Waals surface area contributed by atoms with Gasteiger partial charge < -0.3 is 5.11 Å².